The van der Waals surface area contributed by atoms with Crippen LogP contribution in [0.2, 0.25) is 0 Å². The second-order valence-electron chi connectivity index (χ2n) is 2.45. The maximum absolute atomic E-state index is 10.2. The summed E-state index contributed by atoms with van der Waals surface area (Å²) in [7, 11) is 0. The second-order valence-corrected chi connectivity index (χ2v) is 2.45. The molecule has 56 valence electrons. The molecule has 0 aromatic rings. The van der Waals surface area contributed by atoms with Crippen molar-refractivity contribution in [2.24, 2.45) is 5.92 Å². The molecule has 0 amide bonds. The number of carbonyl (C=O) groups is 1. The maximum atomic E-state index is 10.2. The summed E-state index contributed by atoms with van der Waals surface area (Å²) >= 11 is 0. The van der Waals surface area contributed by atoms with Crippen LogP contribution in [0.4, 0.5) is 0 Å². The van der Waals surface area contributed by atoms with E-state index in [1.807, 2.05) is 0 Å². The van der Waals surface area contributed by atoms with Crippen molar-refractivity contribution < 1.29 is 4.79 Å². The topological polar surface area (TPSA) is 17.1 Å². The molecule has 1 unspecified atom stereocenters. The summed E-state index contributed by atoms with van der Waals surface area (Å²) in [4.78, 5) is 10.2. The molecule has 0 saturated heterocycles. The first-order valence-electron chi connectivity index (χ1n) is 3.80. The van der Waals surface area contributed by atoms with Crippen LogP contribution in [-0.2, 0) is 4.79 Å². The second kappa shape index (κ2) is 9.67. The van der Waals surface area contributed by atoms with Gasteiger partial charge >= 0.3 is 29.6 Å². The van der Waals surface area contributed by atoms with Gasteiger partial charge in [0.05, 0.1) is 0 Å². The van der Waals surface area contributed by atoms with Gasteiger partial charge in [0, 0.05) is 5.92 Å². The molecule has 1 nitrogen and oxygen atoms in total. The van der Waals surface area contributed by atoms with Gasteiger partial charge in [0.1, 0.15) is 6.29 Å². The van der Waals surface area contributed by atoms with Crippen molar-refractivity contribution in [3.8, 4) is 0 Å². The number of hydrogen-bond acceptors (Lipinski definition) is 1. The average molecular weight is 152 g/mol. The minimum absolute atomic E-state index is 0. The first-order valence-corrected chi connectivity index (χ1v) is 3.80. The molecule has 0 radical (unpaired) electrons. The van der Waals surface area contributed by atoms with Crippen molar-refractivity contribution in [3.63, 3.8) is 0 Å². The van der Waals surface area contributed by atoms with Gasteiger partial charge in [0.25, 0.3) is 0 Å². The standard InChI is InChI=1S/C8H16O.Na.H/c1-3-5-6-8(4-2)7-9;;/h7-8H,3-6H2,1-2H3;;. The molecule has 0 rings (SSSR count). The Kier molecular flexibility index (Phi) is 12.8. The van der Waals surface area contributed by atoms with Crippen LogP contribution in [0.5, 0.6) is 0 Å². The minimum atomic E-state index is 0. The molecule has 1 atom stereocenters. The van der Waals surface area contributed by atoms with Gasteiger partial charge in [-0.15, -0.1) is 0 Å². The van der Waals surface area contributed by atoms with E-state index in [9.17, 15) is 4.79 Å². The van der Waals surface area contributed by atoms with Gasteiger partial charge in [-0.1, -0.05) is 26.7 Å². The van der Waals surface area contributed by atoms with Gasteiger partial charge in [0.2, 0.25) is 0 Å². The zero-order valence-corrected chi connectivity index (χ0v) is 6.39. The van der Waals surface area contributed by atoms with E-state index in [1.165, 1.54) is 12.8 Å². The number of hydrogen-bond donors (Lipinski definition) is 0. The van der Waals surface area contributed by atoms with E-state index in [0.29, 0.717) is 5.92 Å². The van der Waals surface area contributed by atoms with Crippen molar-refractivity contribution >= 4 is 35.8 Å². The van der Waals surface area contributed by atoms with Gasteiger partial charge in [-0.3, -0.25) is 0 Å². The van der Waals surface area contributed by atoms with Crippen LogP contribution in [0.3, 0.4) is 0 Å². The summed E-state index contributed by atoms with van der Waals surface area (Å²) in [5.74, 6) is 0.324. The van der Waals surface area contributed by atoms with Crippen molar-refractivity contribution in [2.45, 2.75) is 39.5 Å². The molecule has 10 heavy (non-hydrogen) atoms. The molecule has 2 heteroatoms. The Bertz CT molecular complexity index is 73.7. The zero-order valence-electron chi connectivity index (χ0n) is 6.39. The number of rotatable bonds is 5. The third-order valence-electron chi connectivity index (χ3n) is 1.65. The summed E-state index contributed by atoms with van der Waals surface area (Å²) in [6.45, 7) is 4.21. The predicted molar refractivity (Wildman–Crippen MR) is 46.5 cm³/mol. The fraction of sp³-hybridized carbons (Fsp3) is 0.875. The van der Waals surface area contributed by atoms with Crippen molar-refractivity contribution in [3.05, 3.63) is 0 Å². The summed E-state index contributed by atoms with van der Waals surface area (Å²) in [6.07, 6.45) is 5.55. The van der Waals surface area contributed by atoms with Gasteiger partial charge in [-0.05, 0) is 12.8 Å². The van der Waals surface area contributed by atoms with E-state index in [-0.39, 0.29) is 29.6 Å². The van der Waals surface area contributed by atoms with Crippen LogP contribution in [0.25, 0.3) is 0 Å². The Balaban J connectivity index is 0. The summed E-state index contributed by atoms with van der Waals surface area (Å²) in [5, 5.41) is 0. The molecule has 0 bridgehead atoms. The Labute approximate surface area is 85.9 Å². The Morgan fingerprint density at radius 3 is 2.30 bits per heavy atom. The molecule has 0 aromatic heterocycles. The fourth-order valence-electron chi connectivity index (χ4n) is 0.835. The molecule has 0 N–H and O–H groups in total. The Morgan fingerprint density at radius 1 is 1.40 bits per heavy atom. The van der Waals surface area contributed by atoms with E-state index in [0.717, 1.165) is 19.1 Å². The molecule has 0 spiro atoms. The third-order valence-corrected chi connectivity index (χ3v) is 1.65. The van der Waals surface area contributed by atoms with Crippen LogP contribution < -0.4 is 0 Å². The Morgan fingerprint density at radius 2 is 2.00 bits per heavy atom. The molecule has 0 saturated carbocycles. The van der Waals surface area contributed by atoms with Crippen molar-refractivity contribution in [2.75, 3.05) is 0 Å². The zero-order chi connectivity index (χ0) is 7.11. The van der Waals surface area contributed by atoms with E-state index in [2.05, 4.69) is 13.8 Å². The number of carbonyl (C=O) groups excluding carboxylic acids is 1. The van der Waals surface area contributed by atoms with Crippen molar-refractivity contribution in [1.29, 1.82) is 0 Å². The molecule has 0 aromatic carbocycles. The molecule has 0 fully saturated rings. The SMILES string of the molecule is CCCCC(C=O)CC.[NaH]. The van der Waals surface area contributed by atoms with Gasteiger partial charge in [-0.2, -0.15) is 0 Å². The van der Waals surface area contributed by atoms with Crippen molar-refractivity contribution in [1.82, 2.24) is 0 Å². The molecular weight excluding hydrogens is 135 g/mol. The van der Waals surface area contributed by atoms with E-state index < -0.39 is 0 Å². The number of unbranched alkanes of at least 4 members (excludes halogenated alkanes) is 1. The predicted octanol–water partition coefficient (Wildman–Crippen LogP) is 1.75. The summed E-state index contributed by atoms with van der Waals surface area (Å²) in [6, 6.07) is 0. The first-order chi connectivity index (χ1) is 4.35. The summed E-state index contributed by atoms with van der Waals surface area (Å²) < 4.78 is 0. The molecule has 0 aliphatic rings. The van der Waals surface area contributed by atoms with E-state index >= 15 is 0 Å². The fourth-order valence-corrected chi connectivity index (χ4v) is 0.835. The van der Waals surface area contributed by atoms with Gasteiger partial charge < -0.3 is 4.79 Å². The Hall–Kier alpha value is 0.670. The van der Waals surface area contributed by atoms with E-state index in [1.54, 1.807) is 0 Å². The first kappa shape index (κ1) is 13.3. The monoisotopic (exact) mass is 152 g/mol. The average Bonchev–Trinajstić information content (AvgIpc) is 1.91. The molecular formula is C8H17NaO. The quantitative estimate of drug-likeness (QED) is 0.433. The van der Waals surface area contributed by atoms with Crippen LogP contribution in [0, 0.1) is 5.92 Å². The van der Waals surface area contributed by atoms with Crippen LogP contribution in [-0.4, -0.2) is 35.8 Å². The molecule has 0 aliphatic heterocycles. The normalized spacial score (nSPS) is 11.8. The third kappa shape index (κ3) is 6.79. The van der Waals surface area contributed by atoms with Gasteiger partial charge in [-0.25, -0.2) is 0 Å². The summed E-state index contributed by atoms with van der Waals surface area (Å²) in [5.41, 5.74) is 0. The molecule has 0 aliphatic carbocycles. The molecule has 0 heterocycles. The van der Waals surface area contributed by atoms with Crippen LogP contribution >= 0.6 is 0 Å². The van der Waals surface area contributed by atoms with Crippen LogP contribution in [0.1, 0.15) is 39.5 Å². The number of aldehydes is 1. The van der Waals surface area contributed by atoms with Gasteiger partial charge in [0.15, 0.2) is 0 Å². The van der Waals surface area contributed by atoms with Crippen LogP contribution in [0.15, 0.2) is 0 Å². The van der Waals surface area contributed by atoms with E-state index in [4.69, 9.17) is 0 Å².